The van der Waals surface area contributed by atoms with Gasteiger partial charge < -0.3 is 14.2 Å². The van der Waals surface area contributed by atoms with Crippen LogP contribution in [0.5, 0.6) is 5.75 Å². The van der Waals surface area contributed by atoms with Crippen LogP contribution in [-0.2, 0) is 25.7 Å². The number of hydrogen-bond acceptors (Lipinski definition) is 5. The summed E-state index contributed by atoms with van der Waals surface area (Å²) < 4.78 is 14.8. The van der Waals surface area contributed by atoms with Crippen LogP contribution in [0.3, 0.4) is 0 Å². The maximum Gasteiger partial charge on any atom is 0.345 e. The quantitative estimate of drug-likeness (QED) is 0.281. The Balaban J connectivity index is 2.27. The molecule has 0 aliphatic heterocycles. The Hall–Kier alpha value is -2.21. The number of ether oxygens (including phenoxy) is 3. The van der Waals surface area contributed by atoms with Crippen LogP contribution < -0.4 is 4.74 Å². The molecule has 2 aromatic rings. The van der Waals surface area contributed by atoms with Gasteiger partial charge in [0, 0.05) is 5.02 Å². The smallest absolute Gasteiger partial charge is 0.345 e. The van der Waals surface area contributed by atoms with E-state index in [1.807, 2.05) is 12.1 Å². The molecule has 5 nitrogen and oxygen atoms in total. The fourth-order valence-electron chi connectivity index (χ4n) is 2.12. The van der Waals surface area contributed by atoms with Gasteiger partial charge in [0.1, 0.15) is 12.2 Å². The SMILES string of the molecule is COC(=O)C(=Cc1cc(Cl)c(OCc2ccc(Cl)cc2)c(Cl)c1)C(=O)OC. The van der Waals surface area contributed by atoms with Crippen molar-refractivity contribution in [1.29, 1.82) is 0 Å². The van der Waals surface area contributed by atoms with E-state index in [2.05, 4.69) is 9.47 Å². The third-order valence-corrected chi connectivity index (χ3v) is 4.25. The minimum atomic E-state index is -0.836. The number of halogens is 3. The van der Waals surface area contributed by atoms with Gasteiger partial charge in [0.15, 0.2) is 5.75 Å². The summed E-state index contributed by atoms with van der Waals surface area (Å²) >= 11 is 18.3. The van der Waals surface area contributed by atoms with Crippen LogP contribution in [0.25, 0.3) is 6.08 Å². The molecule has 0 spiro atoms. The van der Waals surface area contributed by atoms with Gasteiger partial charge in [-0.3, -0.25) is 0 Å². The van der Waals surface area contributed by atoms with Crippen molar-refractivity contribution >= 4 is 52.8 Å². The lowest BCUT2D eigenvalue weighted by atomic mass is 10.1. The van der Waals surface area contributed by atoms with Crippen LogP contribution in [0.4, 0.5) is 0 Å². The van der Waals surface area contributed by atoms with E-state index < -0.39 is 11.9 Å². The van der Waals surface area contributed by atoms with Gasteiger partial charge in [-0.25, -0.2) is 9.59 Å². The molecule has 0 bridgehead atoms. The van der Waals surface area contributed by atoms with Crippen molar-refractivity contribution in [3.8, 4) is 5.75 Å². The molecule has 142 valence electrons. The first-order valence-electron chi connectivity index (χ1n) is 7.60. The summed E-state index contributed by atoms with van der Waals surface area (Å²) in [6.07, 6.45) is 1.28. The highest BCUT2D eigenvalue weighted by Crippen LogP contribution is 2.35. The van der Waals surface area contributed by atoms with Gasteiger partial charge in [-0.05, 0) is 41.5 Å². The average molecular weight is 430 g/mol. The molecule has 0 unspecified atom stereocenters. The zero-order valence-electron chi connectivity index (χ0n) is 14.4. The number of methoxy groups -OCH3 is 2. The maximum absolute atomic E-state index is 11.7. The van der Waals surface area contributed by atoms with Gasteiger partial charge in [-0.15, -0.1) is 0 Å². The Bertz CT molecular complexity index is 834. The van der Waals surface area contributed by atoms with Crippen LogP contribution in [-0.4, -0.2) is 26.2 Å². The lowest BCUT2D eigenvalue weighted by Gasteiger charge is -2.11. The van der Waals surface area contributed by atoms with Crippen LogP contribution in [0, 0.1) is 0 Å². The molecule has 0 atom stereocenters. The second-order valence-electron chi connectivity index (χ2n) is 5.27. The lowest BCUT2D eigenvalue weighted by molar-refractivity contribution is -0.143. The summed E-state index contributed by atoms with van der Waals surface area (Å²) in [5.74, 6) is -1.39. The van der Waals surface area contributed by atoms with E-state index in [1.54, 1.807) is 12.1 Å². The number of rotatable bonds is 6. The largest absolute Gasteiger partial charge is 0.486 e. The van der Waals surface area contributed by atoms with Gasteiger partial charge in [-0.1, -0.05) is 46.9 Å². The van der Waals surface area contributed by atoms with Crippen LogP contribution >= 0.6 is 34.8 Å². The molecular formula is C19H15Cl3O5. The second kappa shape index (κ2) is 9.65. The monoisotopic (exact) mass is 428 g/mol. The Kier molecular flexibility index (Phi) is 7.54. The second-order valence-corrected chi connectivity index (χ2v) is 6.52. The van der Waals surface area contributed by atoms with Gasteiger partial charge in [-0.2, -0.15) is 0 Å². The molecule has 0 saturated carbocycles. The van der Waals surface area contributed by atoms with Gasteiger partial charge in [0.25, 0.3) is 0 Å². The number of carbonyl (C=O) groups excluding carboxylic acids is 2. The zero-order valence-corrected chi connectivity index (χ0v) is 16.7. The summed E-state index contributed by atoms with van der Waals surface area (Å²) in [7, 11) is 2.32. The topological polar surface area (TPSA) is 61.8 Å². The molecule has 0 saturated heterocycles. The molecule has 0 heterocycles. The van der Waals surface area contributed by atoms with Crippen molar-refractivity contribution in [3.05, 3.63) is 68.2 Å². The Labute approximate surface area is 171 Å². The maximum atomic E-state index is 11.7. The predicted molar refractivity (Wildman–Crippen MR) is 104 cm³/mol. The molecule has 0 aromatic heterocycles. The van der Waals surface area contributed by atoms with E-state index in [0.29, 0.717) is 10.6 Å². The molecule has 0 N–H and O–H groups in total. The molecule has 2 aromatic carbocycles. The summed E-state index contributed by atoms with van der Waals surface area (Å²) in [5, 5.41) is 1.06. The van der Waals surface area contributed by atoms with Crippen LogP contribution in [0.15, 0.2) is 42.0 Å². The fraction of sp³-hybridized carbons (Fsp3) is 0.158. The Morgan fingerprint density at radius 1 is 0.926 bits per heavy atom. The minimum absolute atomic E-state index is 0.219. The first kappa shape index (κ1) is 21.1. The number of carbonyl (C=O) groups is 2. The summed E-state index contributed by atoms with van der Waals surface area (Å²) in [4.78, 5) is 23.5. The summed E-state index contributed by atoms with van der Waals surface area (Å²) in [6.45, 7) is 0.237. The van der Waals surface area contributed by atoms with Crippen molar-refractivity contribution in [2.24, 2.45) is 0 Å². The van der Waals surface area contributed by atoms with Gasteiger partial charge >= 0.3 is 11.9 Å². The molecular weight excluding hydrogens is 415 g/mol. The average Bonchev–Trinajstić information content (AvgIpc) is 2.65. The third-order valence-electron chi connectivity index (χ3n) is 3.44. The molecule has 27 heavy (non-hydrogen) atoms. The zero-order chi connectivity index (χ0) is 20.0. The first-order valence-corrected chi connectivity index (χ1v) is 8.73. The van der Waals surface area contributed by atoms with E-state index in [1.165, 1.54) is 18.2 Å². The highest BCUT2D eigenvalue weighted by molar-refractivity contribution is 6.37. The standard InChI is InChI=1S/C19H15Cl3O5/c1-25-18(23)14(19(24)26-2)7-12-8-15(21)17(16(22)9-12)27-10-11-3-5-13(20)6-4-11/h3-9H,10H2,1-2H3. The lowest BCUT2D eigenvalue weighted by Crippen LogP contribution is -2.15. The molecule has 0 radical (unpaired) electrons. The summed E-state index contributed by atoms with van der Waals surface area (Å²) in [5.41, 5.74) is 1.01. The number of hydrogen-bond donors (Lipinski definition) is 0. The molecule has 0 aliphatic rings. The van der Waals surface area contributed by atoms with E-state index in [9.17, 15) is 9.59 Å². The highest BCUT2D eigenvalue weighted by Gasteiger charge is 2.20. The van der Waals surface area contributed by atoms with Gasteiger partial charge in [0.05, 0.1) is 24.3 Å². The normalized spacial score (nSPS) is 10.1. The van der Waals surface area contributed by atoms with Crippen molar-refractivity contribution in [2.45, 2.75) is 6.61 Å². The molecule has 0 fully saturated rings. The third kappa shape index (κ3) is 5.63. The Morgan fingerprint density at radius 3 is 1.93 bits per heavy atom. The summed E-state index contributed by atoms with van der Waals surface area (Å²) in [6, 6.07) is 10.2. The molecule has 0 amide bonds. The van der Waals surface area contributed by atoms with Crippen molar-refractivity contribution in [2.75, 3.05) is 14.2 Å². The van der Waals surface area contributed by atoms with E-state index in [4.69, 9.17) is 39.5 Å². The van der Waals surface area contributed by atoms with E-state index in [0.717, 1.165) is 19.8 Å². The number of esters is 2. The van der Waals surface area contributed by atoms with E-state index >= 15 is 0 Å². The predicted octanol–water partition coefficient (Wildman–Crippen LogP) is 4.96. The first-order chi connectivity index (χ1) is 12.8. The van der Waals surface area contributed by atoms with E-state index in [-0.39, 0.29) is 28.0 Å². The van der Waals surface area contributed by atoms with Crippen LogP contribution in [0.1, 0.15) is 11.1 Å². The molecule has 8 heteroatoms. The number of benzene rings is 2. The molecule has 0 aliphatic carbocycles. The fourth-order valence-corrected chi connectivity index (χ4v) is 2.86. The molecule has 2 rings (SSSR count). The minimum Gasteiger partial charge on any atom is -0.486 e. The van der Waals surface area contributed by atoms with Crippen molar-refractivity contribution in [3.63, 3.8) is 0 Å². The Morgan fingerprint density at radius 2 is 1.44 bits per heavy atom. The highest BCUT2D eigenvalue weighted by atomic mass is 35.5. The van der Waals surface area contributed by atoms with Crippen molar-refractivity contribution in [1.82, 2.24) is 0 Å². The van der Waals surface area contributed by atoms with Crippen LogP contribution in [0.2, 0.25) is 15.1 Å². The van der Waals surface area contributed by atoms with Gasteiger partial charge in [0.2, 0.25) is 0 Å². The van der Waals surface area contributed by atoms with Crippen molar-refractivity contribution < 1.29 is 23.8 Å².